The molecule has 1 aliphatic carbocycles. The predicted molar refractivity (Wildman–Crippen MR) is 67.1 cm³/mol. The Morgan fingerprint density at radius 3 is 2.94 bits per heavy atom. The van der Waals surface area contributed by atoms with E-state index in [0.29, 0.717) is 6.04 Å². The number of pyridine rings is 1. The number of hydrogen-bond donors (Lipinski definition) is 0. The summed E-state index contributed by atoms with van der Waals surface area (Å²) in [6, 6.07) is 5.43. The van der Waals surface area contributed by atoms with Gasteiger partial charge < -0.3 is 4.74 Å². The highest BCUT2D eigenvalue weighted by Gasteiger charge is 2.43. The first-order chi connectivity index (χ1) is 8.24. The third-order valence-electron chi connectivity index (χ3n) is 4.39. The summed E-state index contributed by atoms with van der Waals surface area (Å²) in [6.45, 7) is 2.80. The lowest BCUT2D eigenvalue weighted by atomic mass is 10.00. The number of aromatic nitrogens is 1. The number of piperidine rings is 1. The molecule has 0 radical (unpaired) electrons. The molecule has 2 fully saturated rings. The van der Waals surface area contributed by atoms with Crippen molar-refractivity contribution in [2.75, 3.05) is 13.7 Å². The van der Waals surface area contributed by atoms with Crippen molar-refractivity contribution in [1.82, 2.24) is 9.88 Å². The van der Waals surface area contributed by atoms with Crippen LogP contribution in [0.1, 0.15) is 25.0 Å². The van der Waals surface area contributed by atoms with Crippen LogP contribution >= 0.6 is 0 Å². The SMILES string of the molecule is Cc1ccc(OCC2C3CCC(C3)N2C)cn1. The van der Waals surface area contributed by atoms with E-state index in [9.17, 15) is 0 Å². The van der Waals surface area contributed by atoms with Gasteiger partial charge in [0.2, 0.25) is 0 Å². The van der Waals surface area contributed by atoms with Crippen molar-refractivity contribution >= 4 is 0 Å². The van der Waals surface area contributed by atoms with Crippen LogP contribution in [0, 0.1) is 12.8 Å². The zero-order chi connectivity index (χ0) is 11.8. The Hall–Kier alpha value is -1.09. The summed E-state index contributed by atoms with van der Waals surface area (Å²) in [5.41, 5.74) is 1.04. The Kier molecular flexibility index (Phi) is 2.79. The van der Waals surface area contributed by atoms with E-state index in [1.54, 1.807) is 0 Å². The number of hydrogen-bond acceptors (Lipinski definition) is 3. The first-order valence-corrected chi connectivity index (χ1v) is 6.51. The van der Waals surface area contributed by atoms with E-state index in [1.165, 1.54) is 19.3 Å². The Labute approximate surface area is 103 Å². The molecular formula is C14H20N2O. The monoisotopic (exact) mass is 232 g/mol. The van der Waals surface area contributed by atoms with Gasteiger partial charge in [0, 0.05) is 17.8 Å². The molecule has 1 saturated carbocycles. The van der Waals surface area contributed by atoms with Crippen LogP contribution in [0.15, 0.2) is 18.3 Å². The number of fused-ring (bicyclic) bond motifs is 2. The quantitative estimate of drug-likeness (QED) is 0.799. The fourth-order valence-electron chi connectivity index (χ4n) is 3.29. The van der Waals surface area contributed by atoms with Crippen molar-refractivity contribution in [3.8, 4) is 5.75 Å². The van der Waals surface area contributed by atoms with Gasteiger partial charge in [0.1, 0.15) is 12.4 Å². The number of rotatable bonds is 3. The lowest BCUT2D eigenvalue weighted by molar-refractivity contribution is 0.118. The summed E-state index contributed by atoms with van der Waals surface area (Å²) in [6.07, 6.45) is 5.96. The van der Waals surface area contributed by atoms with E-state index < -0.39 is 0 Å². The van der Waals surface area contributed by atoms with Gasteiger partial charge in [-0.05, 0) is 51.3 Å². The fourth-order valence-corrected chi connectivity index (χ4v) is 3.29. The minimum absolute atomic E-state index is 0.607. The van der Waals surface area contributed by atoms with Gasteiger partial charge >= 0.3 is 0 Å². The van der Waals surface area contributed by atoms with Crippen LogP contribution in [0.3, 0.4) is 0 Å². The number of likely N-dealkylation sites (tertiary alicyclic amines) is 1. The van der Waals surface area contributed by atoms with Crippen molar-refractivity contribution in [1.29, 1.82) is 0 Å². The van der Waals surface area contributed by atoms with Gasteiger partial charge in [-0.2, -0.15) is 0 Å². The molecule has 3 rings (SSSR count). The number of likely N-dealkylation sites (N-methyl/N-ethyl adjacent to an activating group) is 1. The van der Waals surface area contributed by atoms with E-state index >= 15 is 0 Å². The maximum absolute atomic E-state index is 5.86. The maximum Gasteiger partial charge on any atom is 0.137 e. The molecule has 1 aromatic rings. The smallest absolute Gasteiger partial charge is 0.137 e. The molecule has 3 heteroatoms. The first kappa shape index (κ1) is 11.0. The second-order valence-corrected chi connectivity index (χ2v) is 5.41. The highest BCUT2D eigenvalue weighted by atomic mass is 16.5. The topological polar surface area (TPSA) is 25.4 Å². The highest BCUT2D eigenvalue weighted by molar-refractivity contribution is 5.19. The van der Waals surface area contributed by atoms with Gasteiger partial charge in [-0.25, -0.2) is 0 Å². The molecular weight excluding hydrogens is 212 g/mol. The van der Waals surface area contributed by atoms with Crippen LogP contribution in [0.5, 0.6) is 5.75 Å². The minimum Gasteiger partial charge on any atom is -0.490 e. The summed E-state index contributed by atoms with van der Waals surface area (Å²) in [5.74, 6) is 1.75. The van der Waals surface area contributed by atoms with E-state index in [0.717, 1.165) is 30.0 Å². The van der Waals surface area contributed by atoms with E-state index in [1.807, 2.05) is 25.3 Å². The van der Waals surface area contributed by atoms with Gasteiger partial charge in [0.15, 0.2) is 0 Å². The number of nitrogens with zero attached hydrogens (tertiary/aromatic N) is 2. The Morgan fingerprint density at radius 2 is 2.29 bits per heavy atom. The lowest BCUT2D eigenvalue weighted by Gasteiger charge is -2.31. The van der Waals surface area contributed by atoms with Crippen molar-refractivity contribution in [2.45, 2.75) is 38.3 Å². The van der Waals surface area contributed by atoms with Crippen LogP contribution in [-0.2, 0) is 0 Å². The van der Waals surface area contributed by atoms with E-state index in [-0.39, 0.29) is 0 Å². The third kappa shape index (κ3) is 2.04. The molecule has 3 nitrogen and oxygen atoms in total. The molecule has 0 amide bonds. The average Bonchev–Trinajstić information content (AvgIpc) is 2.90. The average molecular weight is 232 g/mol. The predicted octanol–water partition coefficient (Wildman–Crippen LogP) is 2.25. The first-order valence-electron chi connectivity index (χ1n) is 6.51. The summed E-state index contributed by atoms with van der Waals surface area (Å²) in [4.78, 5) is 6.76. The maximum atomic E-state index is 5.86. The van der Waals surface area contributed by atoms with Crippen LogP contribution in [-0.4, -0.2) is 35.6 Å². The standard InChI is InChI=1S/C14H20N2O/c1-10-3-6-13(8-15-10)17-9-14-11-4-5-12(7-11)16(14)2/h3,6,8,11-12,14H,4-5,7,9H2,1-2H3. The molecule has 2 heterocycles. The van der Waals surface area contributed by atoms with Crippen LogP contribution in [0.25, 0.3) is 0 Å². The molecule has 1 aromatic heterocycles. The van der Waals surface area contributed by atoms with Gasteiger partial charge in [-0.1, -0.05) is 0 Å². The molecule has 0 N–H and O–H groups in total. The summed E-state index contributed by atoms with van der Waals surface area (Å²) < 4.78 is 5.86. The molecule has 1 saturated heterocycles. The van der Waals surface area contributed by atoms with Crippen molar-refractivity contribution < 1.29 is 4.74 Å². The second-order valence-electron chi connectivity index (χ2n) is 5.41. The molecule has 17 heavy (non-hydrogen) atoms. The summed E-state index contributed by atoms with van der Waals surface area (Å²) in [5, 5.41) is 0. The fraction of sp³-hybridized carbons (Fsp3) is 0.643. The van der Waals surface area contributed by atoms with Crippen LogP contribution < -0.4 is 4.74 Å². The molecule has 0 spiro atoms. The van der Waals surface area contributed by atoms with Crippen LogP contribution in [0.4, 0.5) is 0 Å². The van der Waals surface area contributed by atoms with Crippen molar-refractivity contribution in [2.24, 2.45) is 5.92 Å². The number of aryl methyl sites for hydroxylation is 1. The van der Waals surface area contributed by atoms with Gasteiger partial charge in [-0.15, -0.1) is 0 Å². The van der Waals surface area contributed by atoms with Gasteiger partial charge in [0.05, 0.1) is 6.20 Å². The highest BCUT2D eigenvalue weighted by Crippen LogP contribution is 2.41. The molecule has 2 bridgehead atoms. The summed E-state index contributed by atoms with van der Waals surface area (Å²) in [7, 11) is 2.24. The molecule has 3 atom stereocenters. The summed E-state index contributed by atoms with van der Waals surface area (Å²) >= 11 is 0. The normalized spacial score (nSPS) is 32.0. The zero-order valence-corrected chi connectivity index (χ0v) is 10.6. The van der Waals surface area contributed by atoms with E-state index in [2.05, 4.69) is 16.9 Å². The largest absolute Gasteiger partial charge is 0.490 e. The Balaban J connectivity index is 1.59. The Bertz CT molecular complexity index is 388. The Morgan fingerprint density at radius 1 is 1.41 bits per heavy atom. The lowest BCUT2D eigenvalue weighted by Crippen LogP contribution is -2.41. The molecule has 1 aliphatic heterocycles. The molecule has 2 aliphatic rings. The third-order valence-corrected chi connectivity index (χ3v) is 4.39. The van der Waals surface area contributed by atoms with Gasteiger partial charge in [-0.3, -0.25) is 9.88 Å². The molecule has 3 unspecified atom stereocenters. The molecule has 0 aromatic carbocycles. The van der Waals surface area contributed by atoms with E-state index in [4.69, 9.17) is 4.74 Å². The van der Waals surface area contributed by atoms with Crippen molar-refractivity contribution in [3.05, 3.63) is 24.0 Å². The van der Waals surface area contributed by atoms with Gasteiger partial charge in [0.25, 0.3) is 0 Å². The zero-order valence-electron chi connectivity index (χ0n) is 10.6. The van der Waals surface area contributed by atoms with Crippen LogP contribution in [0.2, 0.25) is 0 Å². The number of ether oxygens (including phenoxy) is 1. The van der Waals surface area contributed by atoms with Crippen molar-refractivity contribution in [3.63, 3.8) is 0 Å². The minimum atomic E-state index is 0.607. The molecule has 92 valence electrons. The second kappa shape index (κ2) is 4.30.